The molecule has 1 rings (SSSR count). The van der Waals surface area contributed by atoms with Crippen molar-refractivity contribution in [3.63, 3.8) is 0 Å². The summed E-state index contributed by atoms with van der Waals surface area (Å²) in [5, 5.41) is 0. The first kappa shape index (κ1) is 13.3. The van der Waals surface area contributed by atoms with Crippen LogP contribution in [0.4, 0.5) is 4.79 Å². The average molecular weight is 230 g/mol. The maximum Gasteiger partial charge on any atom is 0.409 e. The molecule has 0 aromatic rings. The Morgan fingerprint density at radius 1 is 1.56 bits per heavy atom. The summed E-state index contributed by atoms with van der Waals surface area (Å²) in [4.78, 5) is 13.3. The maximum atomic E-state index is 11.7. The van der Waals surface area contributed by atoms with E-state index in [9.17, 15) is 4.79 Å². The summed E-state index contributed by atoms with van der Waals surface area (Å²) < 4.78 is 10.6. The fraction of sp³-hybridized carbons (Fsp3) is 0.909. The molecule has 0 spiro atoms. The van der Waals surface area contributed by atoms with Gasteiger partial charge in [0.1, 0.15) is 0 Å². The fourth-order valence-corrected chi connectivity index (χ4v) is 1.49. The van der Waals surface area contributed by atoms with Crippen molar-refractivity contribution in [3.8, 4) is 0 Å². The molecule has 5 heteroatoms. The number of nitrogens with two attached hydrogens (primary N) is 1. The van der Waals surface area contributed by atoms with Gasteiger partial charge in [-0.3, -0.25) is 0 Å². The van der Waals surface area contributed by atoms with Crippen molar-refractivity contribution >= 4 is 6.09 Å². The predicted octanol–water partition coefficient (Wildman–Crippen LogP) is 0.827. The monoisotopic (exact) mass is 230 g/mol. The van der Waals surface area contributed by atoms with Gasteiger partial charge in [-0.2, -0.15) is 0 Å². The van der Waals surface area contributed by atoms with Crippen molar-refractivity contribution in [3.05, 3.63) is 0 Å². The minimum atomic E-state index is -0.261. The quantitative estimate of drug-likeness (QED) is 0.780. The highest BCUT2D eigenvalue weighted by atomic mass is 16.6. The van der Waals surface area contributed by atoms with Gasteiger partial charge in [0, 0.05) is 12.6 Å². The zero-order valence-electron chi connectivity index (χ0n) is 10.3. The van der Waals surface area contributed by atoms with E-state index in [4.69, 9.17) is 15.2 Å². The zero-order chi connectivity index (χ0) is 12.1. The molecule has 0 saturated carbocycles. The van der Waals surface area contributed by atoms with E-state index in [0.717, 1.165) is 0 Å². The number of hydrogen-bond acceptors (Lipinski definition) is 4. The van der Waals surface area contributed by atoms with Crippen molar-refractivity contribution in [1.82, 2.24) is 4.90 Å². The van der Waals surface area contributed by atoms with E-state index < -0.39 is 0 Å². The third-order valence-corrected chi connectivity index (χ3v) is 2.48. The van der Waals surface area contributed by atoms with Crippen molar-refractivity contribution in [2.45, 2.75) is 32.9 Å². The molecular weight excluding hydrogens is 208 g/mol. The lowest BCUT2D eigenvalue weighted by Crippen LogP contribution is -2.51. The zero-order valence-corrected chi connectivity index (χ0v) is 10.3. The molecule has 0 radical (unpaired) electrons. The molecule has 1 amide bonds. The molecule has 1 saturated heterocycles. The van der Waals surface area contributed by atoms with Gasteiger partial charge in [-0.25, -0.2) is 4.79 Å². The highest BCUT2D eigenvalue weighted by Crippen LogP contribution is 2.09. The molecule has 2 atom stereocenters. The molecule has 5 nitrogen and oxygen atoms in total. The molecule has 1 aliphatic heterocycles. The molecule has 1 fully saturated rings. The number of morpholine rings is 1. The molecule has 1 heterocycles. The van der Waals surface area contributed by atoms with E-state index in [1.54, 1.807) is 4.90 Å². The number of carbonyl (C=O) groups is 1. The average Bonchev–Trinajstić information content (AvgIpc) is 2.26. The first-order valence-electron chi connectivity index (χ1n) is 5.79. The molecule has 94 valence electrons. The molecule has 0 aliphatic carbocycles. The number of rotatable bonds is 3. The van der Waals surface area contributed by atoms with Gasteiger partial charge in [-0.05, 0) is 12.8 Å². The second kappa shape index (κ2) is 6.06. The lowest BCUT2D eigenvalue weighted by atomic mass is 10.1. The van der Waals surface area contributed by atoms with Crippen LogP contribution in [0.5, 0.6) is 0 Å². The van der Waals surface area contributed by atoms with E-state index in [2.05, 4.69) is 0 Å². The Kier molecular flexibility index (Phi) is 5.02. The molecule has 1 aliphatic rings. The van der Waals surface area contributed by atoms with E-state index in [0.29, 0.717) is 32.2 Å². The highest BCUT2D eigenvalue weighted by molar-refractivity contribution is 5.67. The molecular formula is C11H22N2O3. The van der Waals surface area contributed by atoms with Gasteiger partial charge in [0.2, 0.25) is 0 Å². The minimum Gasteiger partial charge on any atom is -0.449 e. The van der Waals surface area contributed by atoms with Crippen LogP contribution in [0.3, 0.4) is 0 Å². The number of ether oxygens (including phenoxy) is 2. The van der Waals surface area contributed by atoms with Gasteiger partial charge in [-0.15, -0.1) is 0 Å². The van der Waals surface area contributed by atoms with Crippen LogP contribution >= 0.6 is 0 Å². The third kappa shape index (κ3) is 3.98. The normalized spacial score (nSPS) is 23.3. The summed E-state index contributed by atoms with van der Waals surface area (Å²) in [5.74, 6) is 0.356. The number of nitrogens with zero attached hydrogens (tertiary/aromatic N) is 1. The van der Waals surface area contributed by atoms with Crippen LogP contribution in [-0.2, 0) is 9.47 Å². The summed E-state index contributed by atoms with van der Waals surface area (Å²) in [7, 11) is 0. The first-order chi connectivity index (χ1) is 7.50. The molecule has 2 unspecified atom stereocenters. The fourth-order valence-electron chi connectivity index (χ4n) is 1.49. The largest absolute Gasteiger partial charge is 0.449 e. The second-order valence-electron chi connectivity index (χ2n) is 4.69. The SMILES string of the molecule is CC(C)COC(=O)N1CCOC(C(C)N)C1. The van der Waals surface area contributed by atoms with Gasteiger partial charge in [-0.1, -0.05) is 13.8 Å². The molecule has 0 aromatic carbocycles. The van der Waals surface area contributed by atoms with Crippen LogP contribution in [0.1, 0.15) is 20.8 Å². The Hall–Kier alpha value is -0.810. The maximum absolute atomic E-state index is 11.7. The Bertz CT molecular complexity index is 231. The Morgan fingerprint density at radius 3 is 2.81 bits per heavy atom. The predicted molar refractivity (Wildman–Crippen MR) is 61.1 cm³/mol. The van der Waals surface area contributed by atoms with E-state index >= 15 is 0 Å². The summed E-state index contributed by atoms with van der Waals surface area (Å²) in [6, 6.07) is -0.0688. The van der Waals surface area contributed by atoms with Crippen molar-refractivity contribution in [1.29, 1.82) is 0 Å². The highest BCUT2D eigenvalue weighted by Gasteiger charge is 2.27. The summed E-state index contributed by atoms with van der Waals surface area (Å²) >= 11 is 0. The molecule has 16 heavy (non-hydrogen) atoms. The Morgan fingerprint density at radius 2 is 2.25 bits per heavy atom. The summed E-state index contributed by atoms with van der Waals surface area (Å²) in [6.45, 7) is 8.00. The standard InChI is InChI=1S/C11H22N2O3/c1-8(2)7-16-11(14)13-4-5-15-10(6-13)9(3)12/h8-10H,4-7,12H2,1-3H3. The molecule has 0 aromatic heterocycles. The van der Waals surface area contributed by atoms with Crippen LogP contribution in [0.2, 0.25) is 0 Å². The van der Waals surface area contributed by atoms with Crippen molar-refractivity contribution in [2.75, 3.05) is 26.3 Å². The van der Waals surface area contributed by atoms with Crippen LogP contribution in [0, 0.1) is 5.92 Å². The van der Waals surface area contributed by atoms with Crippen LogP contribution < -0.4 is 5.73 Å². The van der Waals surface area contributed by atoms with Crippen molar-refractivity contribution in [2.24, 2.45) is 11.7 Å². The van der Waals surface area contributed by atoms with Gasteiger partial charge < -0.3 is 20.1 Å². The number of amides is 1. The topological polar surface area (TPSA) is 64.8 Å². The molecule has 0 bridgehead atoms. The lowest BCUT2D eigenvalue weighted by molar-refractivity contribution is -0.0364. The van der Waals surface area contributed by atoms with E-state index in [-0.39, 0.29) is 18.2 Å². The summed E-state index contributed by atoms with van der Waals surface area (Å²) in [6.07, 6.45) is -0.344. The van der Waals surface area contributed by atoms with Gasteiger partial charge in [0.15, 0.2) is 0 Å². The number of carbonyl (C=O) groups excluding carboxylic acids is 1. The number of hydrogen-bond donors (Lipinski definition) is 1. The van der Waals surface area contributed by atoms with E-state index in [1.807, 2.05) is 20.8 Å². The first-order valence-corrected chi connectivity index (χ1v) is 5.79. The van der Waals surface area contributed by atoms with E-state index in [1.165, 1.54) is 0 Å². The second-order valence-corrected chi connectivity index (χ2v) is 4.69. The minimum absolute atomic E-state index is 0.0688. The van der Waals surface area contributed by atoms with Crippen LogP contribution in [0.15, 0.2) is 0 Å². The summed E-state index contributed by atoms with van der Waals surface area (Å²) in [5.41, 5.74) is 5.75. The Balaban J connectivity index is 2.38. The third-order valence-electron chi connectivity index (χ3n) is 2.48. The molecule has 2 N–H and O–H groups in total. The van der Waals surface area contributed by atoms with Crippen LogP contribution in [0.25, 0.3) is 0 Å². The van der Waals surface area contributed by atoms with Crippen LogP contribution in [-0.4, -0.2) is 49.4 Å². The smallest absolute Gasteiger partial charge is 0.409 e. The van der Waals surface area contributed by atoms with Gasteiger partial charge >= 0.3 is 6.09 Å². The van der Waals surface area contributed by atoms with Crippen molar-refractivity contribution < 1.29 is 14.3 Å². The Labute approximate surface area is 96.9 Å². The van der Waals surface area contributed by atoms with Gasteiger partial charge in [0.25, 0.3) is 0 Å². The van der Waals surface area contributed by atoms with Gasteiger partial charge in [0.05, 0.1) is 25.9 Å². The lowest BCUT2D eigenvalue weighted by Gasteiger charge is -2.34.